The van der Waals surface area contributed by atoms with E-state index in [1.807, 2.05) is 0 Å². The Kier molecular flexibility index (Phi) is 4.47. The first-order chi connectivity index (χ1) is 5.56. The smallest absolute Gasteiger partial charge is 0.247 e. The van der Waals surface area contributed by atoms with Crippen LogP contribution in [0.5, 0.6) is 0 Å². The molecule has 0 aliphatic carbocycles. The van der Waals surface area contributed by atoms with Gasteiger partial charge in [-0.3, -0.25) is 4.79 Å². The van der Waals surface area contributed by atoms with Crippen LogP contribution in [0.25, 0.3) is 0 Å². The number of hydrogen-bond acceptors (Lipinski definition) is 5. The largest absolute Gasteiger partial charge is 0.367 e. The van der Waals surface area contributed by atoms with E-state index in [4.69, 9.17) is 5.73 Å². The number of rotatable bonds is 4. The number of nitrogens with zero attached hydrogens (tertiary/aromatic N) is 2. The zero-order valence-corrected chi connectivity index (χ0v) is 8.04. The summed E-state index contributed by atoms with van der Waals surface area (Å²) in [5.41, 5.74) is 3.91. The molecule has 0 bridgehead atoms. The van der Waals surface area contributed by atoms with Crippen molar-refractivity contribution in [3.8, 4) is 0 Å². The molecule has 0 saturated carbocycles. The molecular weight excluding hydrogens is 194 g/mol. The highest BCUT2D eigenvalue weighted by Gasteiger charge is 2.29. The Morgan fingerprint density at radius 2 is 2.17 bits per heavy atom. The number of amides is 1. The molecule has 12 heavy (non-hydrogen) atoms. The van der Waals surface area contributed by atoms with Crippen molar-refractivity contribution in [2.24, 2.45) is 15.7 Å². The molecule has 2 N–H and O–H groups in total. The van der Waals surface area contributed by atoms with Crippen molar-refractivity contribution in [2.75, 3.05) is 6.54 Å². The van der Waals surface area contributed by atoms with Crippen molar-refractivity contribution in [1.82, 2.24) is 0 Å². The van der Waals surface area contributed by atoms with E-state index in [0.29, 0.717) is 0 Å². The number of nitrogens with two attached hydrogens (primary N) is 1. The molecule has 64 valence electrons. The highest BCUT2D eigenvalue weighted by Crippen LogP contribution is 2.08. The first-order valence-electron chi connectivity index (χ1n) is 2.99. The maximum Gasteiger partial charge on any atom is 0.247 e. The van der Waals surface area contributed by atoms with Crippen LogP contribution in [0.3, 0.4) is 0 Å². The minimum Gasteiger partial charge on any atom is -0.367 e. The van der Waals surface area contributed by atoms with Gasteiger partial charge in [-0.05, 0) is 31.4 Å². The minimum absolute atomic E-state index is 0.0511. The van der Waals surface area contributed by atoms with Crippen LogP contribution in [0.4, 0.5) is 0 Å². The SMILES string of the molecule is CC(CN=C=S)(N=C=S)C(N)=O. The number of primary amides is 1. The van der Waals surface area contributed by atoms with Crippen molar-refractivity contribution >= 4 is 40.7 Å². The van der Waals surface area contributed by atoms with Gasteiger partial charge in [0, 0.05) is 0 Å². The zero-order chi connectivity index (χ0) is 9.61. The van der Waals surface area contributed by atoms with E-state index in [9.17, 15) is 4.79 Å². The molecule has 0 aromatic heterocycles. The van der Waals surface area contributed by atoms with Crippen LogP contribution in [-0.2, 0) is 4.79 Å². The summed E-state index contributed by atoms with van der Waals surface area (Å²) in [4.78, 5) is 18.0. The van der Waals surface area contributed by atoms with Gasteiger partial charge in [0.15, 0.2) is 5.54 Å². The first-order valence-corrected chi connectivity index (χ1v) is 3.81. The second kappa shape index (κ2) is 4.85. The van der Waals surface area contributed by atoms with Crippen LogP contribution >= 0.6 is 24.4 Å². The topological polar surface area (TPSA) is 67.8 Å². The predicted octanol–water partition coefficient (Wildman–Crippen LogP) is 0.436. The summed E-state index contributed by atoms with van der Waals surface area (Å²) >= 11 is 8.69. The summed E-state index contributed by atoms with van der Waals surface area (Å²) in [6.45, 7) is 1.56. The van der Waals surface area contributed by atoms with Crippen LogP contribution in [0, 0.1) is 0 Å². The van der Waals surface area contributed by atoms with Crippen molar-refractivity contribution < 1.29 is 4.79 Å². The third-order valence-corrected chi connectivity index (χ3v) is 1.50. The van der Waals surface area contributed by atoms with Gasteiger partial charge in [-0.2, -0.15) is 0 Å². The van der Waals surface area contributed by atoms with Gasteiger partial charge in [-0.15, -0.1) is 0 Å². The third kappa shape index (κ3) is 2.98. The van der Waals surface area contributed by atoms with Crippen molar-refractivity contribution in [3.05, 3.63) is 0 Å². The maximum atomic E-state index is 10.8. The fourth-order valence-corrected chi connectivity index (χ4v) is 0.721. The number of carbonyl (C=O) groups is 1. The van der Waals surface area contributed by atoms with E-state index in [1.54, 1.807) is 0 Å². The van der Waals surface area contributed by atoms with Gasteiger partial charge < -0.3 is 5.73 Å². The molecule has 4 nitrogen and oxygen atoms in total. The Hall–Kier alpha value is -0.930. The van der Waals surface area contributed by atoms with E-state index in [-0.39, 0.29) is 6.54 Å². The molecule has 0 rings (SSSR count). The molecule has 6 heteroatoms. The molecule has 0 aromatic carbocycles. The second-order valence-corrected chi connectivity index (χ2v) is 2.61. The van der Waals surface area contributed by atoms with Gasteiger partial charge >= 0.3 is 0 Å². The molecule has 1 amide bonds. The quantitative estimate of drug-likeness (QED) is 0.530. The molecule has 0 saturated heterocycles. The Morgan fingerprint density at radius 3 is 2.50 bits per heavy atom. The summed E-state index contributed by atoms with van der Waals surface area (Å²) in [6, 6.07) is 0. The molecule has 0 spiro atoms. The van der Waals surface area contributed by atoms with Crippen LogP contribution in [-0.4, -0.2) is 28.3 Å². The molecule has 1 unspecified atom stereocenters. The van der Waals surface area contributed by atoms with Crippen LogP contribution in [0.1, 0.15) is 6.92 Å². The van der Waals surface area contributed by atoms with Gasteiger partial charge in [0.1, 0.15) is 0 Å². The normalized spacial score (nSPS) is 13.4. The second-order valence-electron chi connectivity index (χ2n) is 2.25. The average Bonchev–Trinajstić information content (AvgIpc) is 2.01. The van der Waals surface area contributed by atoms with Gasteiger partial charge in [0.25, 0.3) is 0 Å². The molecule has 0 fully saturated rings. The van der Waals surface area contributed by atoms with E-state index in [0.717, 1.165) is 0 Å². The van der Waals surface area contributed by atoms with Gasteiger partial charge in [0.2, 0.25) is 5.91 Å². The predicted molar refractivity (Wildman–Crippen MR) is 52.5 cm³/mol. The number of hydrogen-bond donors (Lipinski definition) is 1. The number of carbonyl (C=O) groups excluding carboxylic acids is 1. The summed E-state index contributed by atoms with van der Waals surface area (Å²) in [5.74, 6) is -0.617. The molecule has 0 aliphatic heterocycles. The lowest BCUT2D eigenvalue weighted by atomic mass is 10.0. The van der Waals surface area contributed by atoms with Gasteiger partial charge in [0.05, 0.1) is 16.9 Å². The molecular formula is C6H7N3OS2. The zero-order valence-electron chi connectivity index (χ0n) is 6.40. The van der Waals surface area contributed by atoms with Gasteiger partial charge in [-0.1, -0.05) is 0 Å². The third-order valence-electron chi connectivity index (χ3n) is 1.27. The number of isothiocyanates is 2. The van der Waals surface area contributed by atoms with Crippen LogP contribution < -0.4 is 5.73 Å². The molecule has 0 aromatic rings. The van der Waals surface area contributed by atoms with E-state index in [1.165, 1.54) is 6.92 Å². The van der Waals surface area contributed by atoms with E-state index < -0.39 is 11.4 Å². The fourth-order valence-electron chi connectivity index (χ4n) is 0.455. The number of aliphatic imine (C=N–C) groups is 2. The summed E-state index contributed by atoms with van der Waals surface area (Å²) in [7, 11) is 0. The Morgan fingerprint density at radius 1 is 1.58 bits per heavy atom. The Labute approximate surface area is 80.6 Å². The Bertz CT molecular complexity index is 275. The molecule has 0 heterocycles. The van der Waals surface area contributed by atoms with Crippen LogP contribution in [0.15, 0.2) is 9.98 Å². The van der Waals surface area contributed by atoms with E-state index >= 15 is 0 Å². The van der Waals surface area contributed by atoms with E-state index in [2.05, 4.69) is 44.7 Å². The molecule has 1 atom stereocenters. The van der Waals surface area contributed by atoms with Crippen LogP contribution in [0.2, 0.25) is 0 Å². The summed E-state index contributed by atoms with van der Waals surface area (Å²) in [6.07, 6.45) is 0. The summed E-state index contributed by atoms with van der Waals surface area (Å²) < 4.78 is 0. The fraction of sp³-hybridized carbons (Fsp3) is 0.500. The average molecular weight is 201 g/mol. The highest BCUT2D eigenvalue weighted by molar-refractivity contribution is 7.78. The number of thiocarbonyl (C=S) groups is 2. The first kappa shape index (κ1) is 11.1. The minimum atomic E-state index is -1.15. The molecule has 0 radical (unpaired) electrons. The Balaban J connectivity index is 4.72. The standard InChI is InChI=1S/C6H7N3OS2/c1-6(5(7)10,9-4-12)2-8-3-11/h2H2,1H3,(H2,7,10). The van der Waals surface area contributed by atoms with Gasteiger partial charge in [-0.25, -0.2) is 9.98 Å². The lowest BCUT2D eigenvalue weighted by molar-refractivity contribution is -0.122. The highest BCUT2D eigenvalue weighted by atomic mass is 32.1. The van der Waals surface area contributed by atoms with Crippen molar-refractivity contribution in [2.45, 2.75) is 12.5 Å². The van der Waals surface area contributed by atoms with Crippen molar-refractivity contribution in [1.29, 1.82) is 0 Å². The molecule has 0 aliphatic rings. The lowest BCUT2D eigenvalue weighted by Crippen LogP contribution is -2.41. The monoisotopic (exact) mass is 201 g/mol. The maximum absolute atomic E-state index is 10.8. The van der Waals surface area contributed by atoms with Crippen molar-refractivity contribution in [3.63, 3.8) is 0 Å². The summed E-state index contributed by atoms with van der Waals surface area (Å²) in [5, 5.41) is 4.20. The lowest BCUT2D eigenvalue weighted by Gasteiger charge is -2.15.